The molecule has 0 aliphatic heterocycles. The highest BCUT2D eigenvalue weighted by atomic mass is 16.1. The van der Waals surface area contributed by atoms with Gasteiger partial charge in [-0.05, 0) is 18.9 Å². The minimum absolute atomic E-state index is 0.819. The number of carbonyl (C=O) groups is 1. The second-order valence-electron chi connectivity index (χ2n) is 7.39. The zero-order chi connectivity index (χ0) is 18.3. The molecule has 0 heterocycles. The van der Waals surface area contributed by atoms with Crippen LogP contribution in [-0.2, 0) is 4.79 Å². The van der Waals surface area contributed by atoms with E-state index >= 15 is 0 Å². The third-order valence-electron chi connectivity index (χ3n) is 4.91. The Balaban J connectivity index is 3.04. The van der Waals surface area contributed by atoms with Gasteiger partial charge >= 0.3 is 0 Å². The summed E-state index contributed by atoms with van der Waals surface area (Å²) in [5.74, 6) is 0. The number of allylic oxidation sites excluding steroid dienone is 4. The van der Waals surface area contributed by atoms with Gasteiger partial charge in [-0.25, -0.2) is 0 Å². The van der Waals surface area contributed by atoms with Crippen LogP contribution in [0.15, 0.2) is 24.3 Å². The van der Waals surface area contributed by atoms with Crippen LogP contribution in [0.3, 0.4) is 0 Å². The van der Waals surface area contributed by atoms with E-state index in [1.54, 1.807) is 6.08 Å². The van der Waals surface area contributed by atoms with Gasteiger partial charge in [-0.2, -0.15) is 0 Å². The molecular formula is C24H44O. The quantitative estimate of drug-likeness (QED) is 0.0935. The maximum absolute atomic E-state index is 10.1. The van der Waals surface area contributed by atoms with Crippen LogP contribution in [0.4, 0.5) is 0 Å². The Bertz CT molecular complexity index is 303. The molecule has 146 valence electrons. The van der Waals surface area contributed by atoms with Gasteiger partial charge in [0.2, 0.25) is 0 Å². The molecular weight excluding hydrogens is 304 g/mol. The van der Waals surface area contributed by atoms with Crippen LogP contribution in [0.1, 0.15) is 122 Å². The molecule has 0 aromatic rings. The number of rotatable bonds is 20. The lowest BCUT2D eigenvalue weighted by atomic mass is 10.0. The fraction of sp³-hybridized carbons (Fsp3) is 0.792. The van der Waals surface area contributed by atoms with E-state index in [4.69, 9.17) is 0 Å². The minimum Gasteiger partial charge on any atom is -0.299 e. The van der Waals surface area contributed by atoms with E-state index in [0.717, 1.165) is 12.7 Å². The first kappa shape index (κ1) is 24.1. The summed E-state index contributed by atoms with van der Waals surface area (Å²) < 4.78 is 0. The summed E-state index contributed by atoms with van der Waals surface area (Å²) >= 11 is 0. The molecule has 0 aliphatic rings. The Morgan fingerprint density at radius 1 is 0.480 bits per heavy atom. The average Bonchev–Trinajstić information content (AvgIpc) is 2.63. The van der Waals surface area contributed by atoms with Gasteiger partial charge in [0.25, 0.3) is 0 Å². The Morgan fingerprint density at radius 2 is 0.880 bits per heavy atom. The lowest BCUT2D eigenvalue weighted by Crippen LogP contribution is -1.83. The lowest BCUT2D eigenvalue weighted by molar-refractivity contribution is -0.104. The standard InChI is InChI=1S/C24H44O/c1-2-3-4-5-6-7-8-9-10-11-12-13-14-15-16-17-18-19-20-21-22-23-24-25/h20-24H,2-19H2,1H3. The van der Waals surface area contributed by atoms with Gasteiger partial charge in [0.1, 0.15) is 6.29 Å². The average molecular weight is 349 g/mol. The van der Waals surface area contributed by atoms with E-state index in [9.17, 15) is 4.79 Å². The van der Waals surface area contributed by atoms with Crippen molar-refractivity contribution in [3.8, 4) is 0 Å². The van der Waals surface area contributed by atoms with Crippen molar-refractivity contribution in [3.63, 3.8) is 0 Å². The third kappa shape index (κ3) is 23.1. The van der Waals surface area contributed by atoms with Crippen molar-refractivity contribution in [1.29, 1.82) is 0 Å². The van der Waals surface area contributed by atoms with Crippen LogP contribution in [0, 0.1) is 0 Å². The Hall–Kier alpha value is -0.850. The summed E-state index contributed by atoms with van der Waals surface area (Å²) in [4.78, 5) is 10.1. The number of carbonyl (C=O) groups excluding carboxylic acids is 1. The Kier molecular flexibility index (Phi) is 22.4. The van der Waals surface area contributed by atoms with Crippen LogP contribution in [0.5, 0.6) is 0 Å². The van der Waals surface area contributed by atoms with Crippen molar-refractivity contribution in [2.24, 2.45) is 0 Å². The topological polar surface area (TPSA) is 17.1 Å². The third-order valence-corrected chi connectivity index (χ3v) is 4.91. The summed E-state index contributed by atoms with van der Waals surface area (Å²) in [5.41, 5.74) is 0. The predicted octanol–water partition coefficient (Wildman–Crippen LogP) is 8.34. The van der Waals surface area contributed by atoms with Crippen molar-refractivity contribution < 1.29 is 4.79 Å². The number of unbranched alkanes of at least 4 members (excludes halogenated alkanes) is 17. The monoisotopic (exact) mass is 348 g/mol. The van der Waals surface area contributed by atoms with E-state index < -0.39 is 0 Å². The maximum Gasteiger partial charge on any atom is 0.142 e. The van der Waals surface area contributed by atoms with Crippen molar-refractivity contribution in [2.75, 3.05) is 0 Å². The van der Waals surface area contributed by atoms with Crippen LogP contribution in [0.2, 0.25) is 0 Å². The van der Waals surface area contributed by atoms with Crippen LogP contribution in [-0.4, -0.2) is 6.29 Å². The van der Waals surface area contributed by atoms with E-state index in [1.165, 1.54) is 115 Å². The first-order chi connectivity index (χ1) is 12.4. The lowest BCUT2D eigenvalue weighted by Gasteiger charge is -2.03. The summed E-state index contributed by atoms with van der Waals surface area (Å²) in [6.45, 7) is 2.29. The second-order valence-corrected chi connectivity index (χ2v) is 7.39. The van der Waals surface area contributed by atoms with Gasteiger partial charge in [0.15, 0.2) is 0 Å². The molecule has 0 N–H and O–H groups in total. The van der Waals surface area contributed by atoms with Gasteiger partial charge in [-0.3, -0.25) is 4.79 Å². The fourth-order valence-corrected chi connectivity index (χ4v) is 3.27. The first-order valence-corrected chi connectivity index (χ1v) is 11.2. The van der Waals surface area contributed by atoms with E-state index in [0.29, 0.717) is 0 Å². The maximum atomic E-state index is 10.1. The summed E-state index contributed by atoms with van der Waals surface area (Å²) in [6.07, 6.45) is 33.6. The molecule has 0 rings (SSSR count). The van der Waals surface area contributed by atoms with E-state index in [1.807, 2.05) is 6.08 Å². The highest BCUT2D eigenvalue weighted by Gasteiger charge is 1.94. The SMILES string of the molecule is CCCCCCCCCCCCCCCCCCCC=CC=CC=O. The van der Waals surface area contributed by atoms with Crippen LogP contribution >= 0.6 is 0 Å². The molecule has 0 radical (unpaired) electrons. The molecule has 0 aliphatic carbocycles. The summed E-state index contributed by atoms with van der Waals surface area (Å²) in [6, 6.07) is 0. The molecule has 0 atom stereocenters. The molecule has 0 saturated heterocycles. The van der Waals surface area contributed by atoms with Gasteiger partial charge < -0.3 is 0 Å². The number of hydrogen-bond donors (Lipinski definition) is 0. The highest BCUT2D eigenvalue weighted by molar-refractivity contribution is 5.65. The molecule has 0 saturated carbocycles. The normalized spacial score (nSPS) is 11.7. The largest absolute Gasteiger partial charge is 0.299 e. The Morgan fingerprint density at radius 3 is 1.28 bits per heavy atom. The number of aldehydes is 1. The Labute approximate surface area is 158 Å². The molecule has 0 unspecified atom stereocenters. The highest BCUT2D eigenvalue weighted by Crippen LogP contribution is 2.14. The van der Waals surface area contributed by atoms with Crippen molar-refractivity contribution in [3.05, 3.63) is 24.3 Å². The minimum atomic E-state index is 0.819. The number of hydrogen-bond acceptors (Lipinski definition) is 1. The molecule has 0 spiro atoms. The molecule has 25 heavy (non-hydrogen) atoms. The van der Waals surface area contributed by atoms with E-state index in [-0.39, 0.29) is 0 Å². The zero-order valence-electron chi connectivity index (χ0n) is 17.0. The van der Waals surface area contributed by atoms with Crippen molar-refractivity contribution in [1.82, 2.24) is 0 Å². The van der Waals surface area contributed by atoms with Crippen LogP contribution < -0.4 is 0 Å². The van der Waals surface area contributed by atoms with Gasteiger partial charge in [-0.15, -0.1) is 0 Å². The van der Waals surface area contributed by atoms with Crippen molar-refractivity contribution in [2.45, 2.75) is 122 Å². The molecule has 0 aromatic carbocycles. The molecule has 1 nitrogen and oxygen atoms in total. The summed E-state index contributed by atoms with van der Waals surface area (Å²) in [7, 11) is 0. The fourth-order valence-electron chi connectivity index (χ4n) is 3.27. The molecule has 0 aromatic heterocycles. The first-order valence-electron chi connectivity index (χ1n) is 11.2. The van der Waals surface area contributed by atoms with Gasteiger partial charge in [0.05, 0.1) is 0 Å². The van der Waals surface area contributed by atoms with Crippen molar-refractivity contribution >= 4 is 6.29 Å². The molecule has 1 heteroatoms. The second kappa shape index (κ2) is 23.1. The molecule has 0 fully saturated rings. The smallest absolute Gasteiger partial charge is 0.142 e. The van der Waals surface area contributed by atoms with E-state index in [2.05, 4.69) is 13.0 Å². The summed E-state index contributed by atoms with van der Waals surface area (Å²) in [5, 5.41) is 0. The van der Waals surface area contributed by atoms with Gasteiger partial charge in [0, 0.05) is 0 Å². The molecule has 0 bridgehead atoms. The van der Waals surface area contributed by atoms with Gasteiger partial charge in [-0.1, -0.05) is 128 Å². The zero-order valence-corrected chi connectivity index (χ0v) is 17.0. The predicted molar refractivity (Wildman–Crippen MR) is 113 cm³/mol. The van der Waals surface area contributed by atoms with Crippen LogP contribution in [0.25, 0.3) is 0 Å². The molecule has 0 amide bonds.